The van der Waals surface area contributed by atoms with Crippen molar-refractivity contribution in [3.05, 3.63) is 29.3 Å². The second-order valence-electron chi connectivity index (χ2n) is 4.48. The molecule has 2 atom stereocenters. The number of ether oxygens (including phenoxy) is 1. The first-order valence-corrected chi connectivity index (χ1v) is 6.08. The summed E-state index contributed by atoms with van der Waals surface area (Å²) in [6.07, 6.45) is 1.23. The molecule has 0 aliphatic heterocycles. The Bertz CT molecular complexity index is 436. The predicted molar refractivity (Wildman–Crippen MR) is 67.1 cm³/mol. The van der Waals surface area contributed by atoms with Crippen molar-refractivity contribution in [3.8, 4) is 11.8 Å². The minimum absolute atomic E-state index is 0.618. The van der Waals surface area contributed by atoms with Crippen LogP contribution in [-0.4, -0.2) is 20.2 Å². The lowest BCUT2D eigenvalue weighted by atomic mass is 10.1. The number of nitrogens with one attached hydrogen (secondary N) is 1. The molecule has 1 aromatic rings. The lowest BCUT2D eigenvalue weighted by molar-refractivity contribution is 0.413. The van der Waals surface area contributed by atoms with Crippen molar-refractivity contribution in [1.29, 1.82) is 5.26 Å². The van der Waals surface area contributed by atoms with Gasteiger partial charge in [0.1, 0.15) is 11.8 Å². The Hall–Kier alpha value is -1.53. The molecule has 3 heteroatoms. The van der Waals surface area contributed by atoms with Crippen molar-refractivity contribution in [3.63, 3.8) is 0 Å². The van der Waals surface area contributed by atoms with E-state index < -0.39 is 0 Å². The van der Waals surface area contributed by atoms with Crippen LogP contribution >= 0.6 is 0 Å². The number of nitriles is 1. The van der Waals surface area contributed by atoms with E-state index in [0.717, 1.165) is 19.0 Å². The maximum absolute atomic E-state index is 9.04. The van der Waals surface area contributed by atoms with Gasteiger partial charge in [-0.1, -0.05) is 13.0 Å². The highest BCUT2D eigenvalue weighted by atomic mass is 16.5. The Kier molecular flexibility index (Phi) is 3.65. The molecule has 3 nitrogen and oxygen atoms in total. The smallest absolute Gasteiger partial charge is 0.136 e. The van der Waals surface area contributed by atoms with Gasteiger partial charge in [0.05, 0.1) is 12.7 Å². The Morgan fingerprint density at radius 3 is 3.00 bits per heavy atom. The normalized spacial score (nSPS) is 21.9. The minimum Gasteiger partial charge on any atom is -0.495 e. The van der Waals surface area contributed by atoms with Gasteiger partial charge in [-0.2, -0.15) is 5.26 Å². The Morgan fingerprint density at radius 1 is 1.53 bits per heavy atom. The summed E-state index contributed by atoms with van der Waals surface area (Å²) in [4.78, 5) is 0. The first kappa shape index (κ1) is 11.9. The molecule has 0 radical (unpaired) electrons. The quantitative estimate of drug-likeness (QED) is 0.844. The number of benzene rings is 1. The van der Waals surface area contributed by atoms with Crippen molar-refractivity contribution < 1.29 is 4.74 Å². The first-order valence-electron chi connectivity index (χ1n) is 6.08. The van der Waals surface area contributed by atoms with Gasteiger partial charge >= 0.3 is 0 Å². The van der Waals surface area contributed by atoms with Gasteiger partial charge in [0, 0.05) is 0 Å². The average Bonchev–Trinajstić information content (AvgIpc) is 3.15. The Morgan fingerprint density at radius 2 is 2.35 bits per heavy atom. The van der Waals surface area contributed by atoms with E-state index in [4.69, 9.17) is 10.00 Å². The summed E-state index contributed by atoms with van der Waals surface area (Å²) < 4.78 is 5.15. The fourth-order valence-corrected chi connectivity index (χ4v) is 2.25. The zero-order valence-corrected chi connectivity index (χ0v) is 10.4. The lowest BCUT2D eigenvalue weighted by Crippen LogP contribution is -2.16. The van der Waals surface area contributed by atoms with Crippen LogP contribution in [0, 0.1) is 17.2 Å². The summed E-state index contributed by atoms with van der Waals surface area (Å²) in [6, 6.07) is 8.13. The van der Waals surface area contributed by atoms with Crippen LogP contribution < -0.4 is 10.1 Å². The maximum Gasteiger partial charge on any atom is 0.136 e. The molecule has 1 aliphatic rings. The van der Waals surface area contributed by atoms with Crippen molar-refractivity contribution in [2.45, 2.75) is 19.3 Å². The molecule has 1 saturated carbocycles. The van der Waals surface area contributed by atoms with Gasteiger partial charge in [0.15, 0.2) is 0 Å². The van der Waals surface area contributed by atoms with Crippen LogP contribution in [0.25, 0.3) is 0 Å². The Balaban J connectivity index is 2.06. The minimum atomic E-state index is 0.618. The van der Waals surface area contributed by atoms with Gasteiger partial charge in [0.25, 0.3) is 0 Å². The summed E-state index contributed by atoms with van der Waals surface area (Å²) >= 11 is 0. The number of hydrogen-bond donors (Lipinski definition) is 1. The molecular weight excluding hydrogens is 212 g/mol. The van der Waals surface area contributed by atoms with Gasteiger partial charge in [0.2, 0.25) is 0 Å². The molecule has 0 bridgehead atoms. The molecule has 90 valence electrons. The maximum atomic E-state index is 9.04. The van der Waals surface area contributed by atoms with Gasteiger partial charge in [-0.25, -0.2) is 0 Å². The monoisotopic (exact) mass is 230 g/mol. The third-order valence-corrected chi connectivity index (χ3v) is 3.35. The molecule has 2 rings (SSSR count). The summed E-state index contributed by atoms with van der Waals surface area (Å²) in [7, 11) is 1.60. The van der Waals surface area contributed by atoms with Crippen molar-refractivity contribution in [2.75, 3.05) is 20.2 Å². The third-order valence-electron chi connectivity index (χ3n) is 3.35. The zero-order valence-electron chi connectivity index (χ0n) is 10.4. The summed E-state index contributed by atoms with van der Waals surface area (Å²) in [5, 5.41) is 12.4. The lowest BCUT2D eigenvalue weighted by Gasteiger charge is -2.06. The van der Waals surface area contributed by atoms with Gasteiger partial charge in [-0.15, -0.1) is 0 Å². The average molecular weight is 230 g/mol. The molecule has 1 fully saturated rings. The van der Waals surface area contributed by atoms with Crippen LogP contribution in [0.3, 0.4) is 0 Å². The standard InChI is InChI=1S/C14H18N2O/c1-3-16-9-12-7-13(12)10-4-5-14(17-2)11(6-10)8-15/h4-6,12-13,16H,3,7,9H2,1-2H3. The highest BCUT2D eigenvalue weighted by Gasteiger charge is 2.37. The number of hydrogen-bond acceptors (Lipinski definition) is 3. The molecule has 2 unspecified atom stereocenters. The fraction of sp³-hybridized carbons (Fsp3) is 0.500. The van der Waals surface area contributed by atoms with Crippen LogP contribution in [0.15, 0.2) is 18.2 Å². The van der Waals surface area contributed by atoms with Crippen LogP contribution in [0.5, 0.6) is 5.75 Å². The number of methoxy groups -OCH3 is 1. The molecule has 0 aromatic heterocycles. The molecule has 1 aromatic carbocycles. The molecule has 0 heterocycles. The van der Waals surface area contributed by atoms with E-state index in [2.05, 4.69) is 24.4 Å². The van der Waals surface area contributed by atoms with E-state index in [1.165, 1.54) is 12.0 Å². The van der Waals surface area contributed by atoms with Crippen molar-refractivity contribution in [1.82, 2.24) is 5.32 Å². The second-order valence-corrected chi connectivity index (χ2v) is 4.48. The molecular formula is C14H18N2O. The number of rotatable bonds is 5. The second kappa shape index (κ2) is 5.20. The highest BCUT2D eigenvalue weighted by molar-refractivity contribution is 5.47. The Labute approximate surface area is 102 Å². The predicted octanol–water partition coefficient (Wildman–Crippen LogP) is 2.28. The third kappa shape index (κ3) is 2.59. The molecule has 0 saturated heterocycles. The van der Waals surface area contributed by atoms with Crippen LogP contribution in [0.1, 0.15) is 30.4 Å². The summed E-state index contributed by atoms with van der Waals surface area (Å²) in [5.74, 6) is 2.02. The molecule has 0 spiro atoms. The van der Waals surface area contributed by atoms with Gasteiger partial charge in [-0.3, -0.25) is 0 Å². The summed E-state index contributed by atoms with van der Waals surface area (Å²) in [5.41, 5.74) is 1.91. The highest BCUT2D eigenvalue weighted by Crippen LogP contribution is 2.47. The van der Waals surface area contributed by atoms with Crippen molar-refractivity contribution >= 4 is 0 Å². The van der Waals surface area contributed by atoms with E-state index in [1.807, 2.05) is 12.1 Å². The largest absolute Gasteiger partial charge is 0.495 e. The van der Waals surface area contributed by atoms with Crippen LogP contribution in [-0.2, 0) is 0 Å². The molecule has 1 aliphatic carbocycles. The van der Waals surface area contributed by atoms with E-state index in [1.54, 1.807) is 7.11 Å². The SMILES string of the molecule is CCNCC1CC1c1ccc(OC)c(C#N)c1. The summed E-state index contributed by atoms with van der Waals surface area (Å²) in [6.45, 7) is 4.23. The number of nitrogens with zero attached hydrogens (tertiary/aromatic N) is 1. The zero-order chi connectivity index (χ0) is 12.3. The van der Waals surface area contributed by atoms with E-state index in [9.17, 15) is 0 Å². The van der Waals surface area contributed by atoms with Gasteiger partial charge < -0.3 is 10.1 Å². The molecule has 0 amide bonds. The van der Waals surface area contributed by atoms with E-state index in [-0.39, 0.29) is 0 Å². The van der Waals surface area contributed by atoms with E-state index in [0.29, 0.717) is 17.2 Å². The van der Waals surface area contributed by atoms with Crippen LogP contribution in [0.4, 0.5) is 0 Å². The van der Waals surface area contributed by atoms with Gasteiger partial charge in [-0.05, 0) is 49.0 Å². The van der Waals surface area contributed by atoms with Crippen LogP contribution in [0.2, 0.25) is 0 Å². The van der Waals surface area contributed by atoms with Crippen molar-refractivity contribution in [2.24, 2.45) is 5.92 Å². The molecule has 17 heavy (non-hydrogen) atoms. The van der Waals surface area contributed by atoms with E-state index >= 15 is 0 Å². The molecule has 1 N–H and O–H groups in total. The fourth-order valence-electron chi connectivity index (χ4n) is 2.25. The first-order chi connectivity index (χ1) is 8.30. The topological polar surface area (TPSA) is 45.0 Å².